The number of likely N-dealkylation sites (tertiary alicyclic amines) is 1. The van der Waals surface area contributed by atoms with Gasteiger partial charge in [0.1, 0.15) is 0 Å². The van der Waals surface area contributed by atoms with Gasteiger partial charge >= 0.3 is 0 Å². The Bertz CT molecular complexity index is 230. The quantitative estimate of drug-likeness (QED) is 0.716. The lowest BCUT2D eigenvalue weighted by atomic mass is 10.2. The first-order chi connectivity index (χ1) is 7.58. The van der Waals surface area contributed by atoms with Crippen molar-refractivity contribution in [2.75, 3.05) is 20.3 Å². The van der Waals surface area contributed by atoms with Gasteiger partial charge in [-0.2, -0.15) is 0 Å². The molecule has 1 heterocycles. The van der Waals surface area contributed by atoms with E-state index in [1.165, 1.54) is 0 Å². The molecule has 1 saturated heterocycles. The van der Waals surface area contributed by atoms with Crippen LogP contribution in [-0.4, -0.2) is 49.3 Å². The molecule has 0 aromatic heterocycles. The number of carbonyl (C=O) groups excluding carboxylic acids is 1. The van der Waals surface area contributed by atoms with Crippen LogP contribution in [-0.2, 0) is 14.3 Å². The predicted molar refractivity (Wildman–Crippen MR) is 62.3 cm³/mol. The number of nitrogens with zero attached hydrogens (tertiary/aromatic N) is 1. The number of ether oxygens (including phenoxy) is 2. The SMILES string of the molecule is CCC(=O)N1CC(OC)CC1COC(C)C. The molecule has 0 aliphatic carbocycles. The molecule has 16 heavy (non-hydrogen) atoms. The largest absolute Gasteiger partial charge is 0.380 e. The van der Waals surface area contributed by atoms with E-state index in [-0.39, 0.29) is 24.2 Å². The maximum absolute atomic E-state index is 11.7. The van der Waals surface area contributed by atoms with Gasteiger partial charge in [0.2, 0.25) is 5.91 Å². The van der Waals surface area contributed by atoms with Crippen LogP contribution in [0, 0.1) is 0 Å². The van der Waals surface area contributed by atoms with Crippen LogP contribution in [0.1, 0.15) is 33.6 Å². The number of rotatable bonds is 5. The van der Waals surface area contributed by atoms with Crippen LogP contribution in [0.25, 0.3) is 0 Å². The van der Waals surface area contributed by atoms with Gasteiger partial charge in [0.05, 0.1) is 24.9 Å². The van der Waals surface area contributed by atoms with E-state index in [1.54, 1.807) is 7.11 Å². The van der Waals surface area contributed by atoms with Crippen LogP contribution in [0.2, 0.25) is 0 Å². The Morgan fingerprint density at radius 1 is 1.50 bits per heavy atom. The molecule has 4 nitrogen and oxygen atoms in total. The summed E-state index contributed by atoms with van der Waals surface area (Å²) in [5.74, 6) is 0.192. The van der Waals surface area contributed by atoms with Crippen molar-refractivity contribution in [3.05, 3.63) is 0 Å². The van der Waals surface area contributed by atoms with Crippen molar-refractivity contribution in [1.29, 1.82) is 0 Å². The monoisotopic (exact) mass is 229 g/mol. The Morgan fingerprint density at radius 3 is 2.69 bits per heavy atom. The molecule has 0 aromatic carbocycles. The van der Waals surface area contributed by atoms with Gasteiger partial charge in [0.25, 0.3) is 0 Å². The van der Waals surface area contributed by atoms with E-state index in [0.717, 1.165) is 6.42 Å². The van der Waals surface area contributed by atoms with Crippen LogP contribution in [0.3, 0.4) is 0 Å². The second-order valence-electron chi connectivity index (χ2n) is 4.53. The summed E-state index contributed by atoms with van der Waals surface area (Å²) in [7, 11) is 1.70. The number of carbonyl (C=O) groups is 1. The van der Waals surface area contributed by atoms with Crippen LogP contribution in [0.15, 0.2) is 0 Å². The Morgan fingerprint density at radius 2 is 2.19 bits per heavy atom. The Labute approximate surface area is 97.9 Å². The lowest BCUT2D eigenvalue weighted by Crippen LogP contribution is -2.38. The maximum Gasteiger partial charge on any atom is 0.222 e. The number of hydrogen-bond acceptors (Lipinski definition) is 3. The summed E-state index contributed by atoms with van der Waals surface area (Å²) < 4.78 is 10.9. The fourth-order valence-corrected chi connectivity index (χ4v) is 2.01. The summed E-state index contributed by atoms with van der Waals surface area (Å²) in [6, 6.07) is 0.180. The molecule has 1 fully saturated rings. The summed E-state index contributed by atoms with van der Waals surface area (Å²) in [5, 5.41) is 0. The Balaban J connectivity index is 2.53. The third-order valence-electron chi connectivity index (χ3n) is 2.95. The Kier molecular flexibility index (Phi) is 5.22. The van der Waals surface area contributed by atoms with E-state index in [0.29, 0.717) is 19.6 Å². The summed E-state index contributed by atoms with van der Waals surface area (Å²) in [5.41, 5.74) is 0. The molecular formula is C12H23NO3. The molecule has 0 bridgehead atoms. The van der Waals surface area contributed by atoms with Crippen molar-refractivity contribution in [1.82, 2.24) is 4.90 Å². The highest BCUT2D eigenvalue weighted by molar-refractivity contribution is 5.76. The van der Waals surface area contributed by atoms with Gasteiger partial charge in [-0.3, -0.25) is 4.79 Å². The zero-order chi connectivity index (χ0) is 12.1. The van der Waals surface area contributed by atoms with Crippen molar-refractivity contribution >= 4 is 5.91 Å². The zero-order valence-corrected chi connectivity index (χ0v) is 10.7. The van der Waals surface area contributed by atoms with Gasteiger partial charge in [-0.15, -0.1) is 0 Å². The van der Waals surface area contributed by atoms with E-state index in [2.05, 4.69) is 0 Å². The van der Waals surface area contributed by atoms with Crippen LogP contribution in [0.4, 0.5) is 0 Å². The lowest BCUT2D eigenvalue weighted by molar-refractivity contribution is -0.133. The van der Waals surface area contributed by atoms with Crippen molar-refractivity contribution in [3.63, 3.8) is 0 Å². The summed E-state index contributed by atoms with van der Waals surface area (Å²) in [6.45, 7) is 7.23. The molecule has 1 aliphatic rings. The first-order valence-corrected chi connectivity index (χ1v) is 6.02. The minimum Gasteiger partial charge on any atom is -0.380 e. The van der Waals surface area contributed by atoms with Crippen LogP contribution >= 0.6 is 0 Å². The van der Waals surface area contributed by atoms with E-state index < -0.39 is 0 Å². The number of methoxy groups -OCH3 is 1. The standard InChI is InChI=1S/C12H23NO3/c1-5-12(14)13-7-11(15-4)6-10(13)8-16-9(2)3/h9-11H,5-8H2,1-4H3. The molecule has 1 amide bonds. The van der Waals surface area contributed by atoms with Gasteiger partial charge in [-0.05, 0) is 20.3 Å². The molecule has 1 rings (SSSR count). The highest BCUT2D eigenvalue weighted by atomic mass is 16.5. The van der Waals surface area contributed by atoms with Crippen molar-refractivity contribution < 1.29 is 14.3 Å². The van der Waals surface area contributed by atoms with Gasteiger partial charge < -0.3 is 14.4 Å². The van der Waals surface area contributed by atoms with Crippen molar-refractivity contribution in [2.45, 2.75) is 51.9 Å². The maximum atomic E-state index is 11.7. The third kappa shape index (κ3) is 3.46. The second-order valence-corrected chi connectivity index (χ2v) is 4.53. The molecule has 0 N–H and O–H groups in total. The normalized spacial score (nSPS) is 25.4. The lowest BCUT2D eigenvalue weighted by Gasteiger charge is -2.24. The molecule has 0 saturated carbocycles. The first kappa shape index (κ1) is 13.5. The van der Waals surface area contributed by atoms with E-state index in [1.807, 2.05) is 25.7 Å². The van der Waals surface area contributed by atoms with Crippen LogP contribution < -0.4 is 0 Å². The molecule has 0 spiro atoms. The Hall–Kier alpha value is -0.610. The van der Waals surface area contributed by atoms with E-state index in [9.17, 15) is 4.79 Å². The minimum atomic E-state index is 0.163. The summed E-state index contributed by atoms with van der Waals surface area (Å²) in [4.78, 5) is 13.6. The third-order valence-corrected chi connectivity index (χ3v) is 2.95. The van der Waals surface area contributed by atoms with Gasteiger partial charge in [0.15, 0.2) is 0 Å². The molecular weight excluding hydrogens is 206 g/mol. The molecule has 4 heteroatoms. The molecule has 2 unspecified atom stereocenters. The first-order valence-electron chi connectivity index (χ1n) is 6.02. The fourth-order valence-electron chi connectivity index (χ4n) is 2.01. The summed E-state index contributed by atoms with van der Waals surface area (Å²) >= 11 is 0. The van der Waals surface area contributed by atoms with E-state index in [4.69, 9.17) is 9.47 Å². The van der Waals surface area contributed by atoms with Crippen molar-refractivity contribution in [3.8, 4) is 0 Å². The predicted octanol–water partition coefficient (Wildman–Crippen LogP) is 1.44. The summed E-state index contributed by atoms with van der Waals surface area (Å²) in [6.07, 6.45) is 1.81. The topological polar surface area (TPSA) is 38.8 Å². The highest BCUT2D eigenvalue weighted by Gasteiger charge is 2.34. The smallest absolute Gasteiger partial charge is 0.222 e. The average molecular weight is 229 g/mol. The molecule has 1 aliphatic heterocycles. The van der Waals surface area contributed by atoms with Crippen LogP contribution in [0.5, 0.6) is 0 Å². The fraction of sp³-hybridized carbons (Fsp3) is 0.917. The molecule has 2 atom stereocenters. The van der Waals surface area contributed by atoms with E-state index >= 15 is 0 Å². The molecule has 0 aromatic rings. The number of hydrogen-bond donors (Lipinski definition) is 0. The van der Waals surface area contributed by atoms with Crippen molar-refractivity contribution in [2.24, 2.45) is 0 Å². The molecule has 94 valence electrons. The molecule has 0 radical (unpaired) electrons. The number of amides is 1. The zero-order valence-electron chi connectivity index (χ0n) is 10.7. The van der Waals surface area contributed by atoms with Gasteiger partial charge in [-0.25, -0.2) is 0 Å². The van der Waals surface area contributed by atoms with Gasteiger partial charge in [0, 0.05) is 20.1 Å². The average Bonchev–Trinajstić information content (AvgIpc) is 2.68. The second kappa shape index (κ2) is 6.21. The van der Waals surface area contributed by atoms with Gasteiger partial charge in [-0.1, -0.05) is 6.92 Å². The highest BCUT2D eigenvalue weighted by Crippen LogP contribution is 2.21. The minimum absolute atomic E-state index is 0.163.